The van der Waals surface area contributed by atoms with Gasteiger partial charge in [0.05, 0.1) is 10.6 Å². The first kappa shape index (κ1) is 21.5. The molecule has 0 aliphatic rings. The Morgan fingerprint density at radius 3 is 2.03 bits per heavy atom. The predicted octanol–water partition coefficient (Wildman–Crippen LogP) is 4.40. The van der Waals surface area contributed by atoms with Crippen LogP contribution in [0.1, 0.15) is 5.69 Å². The number of hydrogen-bond donors (Lipinski definition) is 1. The van der Waals surface area contributed by atoms with E-state index in [1.165, 1.54) is 24.3 Å². The molecule has 1 heterocycles. The van der Waals surface area contributed by atoms with Crippen LogP contribution in [0, 0.1) is 0 Å². The average molecular weight is 451 g/mol. The van der Waals surface area contributed by atoms with Crippen molar-refractivity contribution in [1.82, 2.24) is 9.89 Å². The first-order valence-corrected chi connectivity index (χ1v) is 9.45. The minimum Gasteiger partial charge on any atom is -0.406 e. The summed E-state index contributed by atoms with van der Waals surface area (Å²) in [7, 11) is -4.30. The van der Waals surface area contributed by atoms with Crippen molar-refractivity contribution in [1.29, 1.82) is 0 Å². The van der Waals surface area contributed by atoms with Crippen LogP contribution in [0.4, 0.5) is 26.3 Å². The van der Waals surface area contributed by atoms with Gasteiger partial charge in [0, 0.05) is 5.56 Å². The van der Waals surface area contributed by atoms with Crippen molar-refractivity contribution < 1.29 is 39.5 Å². The first-order chi connectivity index (χ1) is 13.9. The summed E-state index contributed by atoms with van der Waals surface area (Å²) in [5, 5.41) is 3.24. The lowest BCUT2D eigenvalue weighted by molar-refractivity contribution is -0.274. The highest BCUT2D eigenvalue weighted by Gasteiger charge is 2.36. The number of benzene rings is 2. The molecule has 0 spiro atoms. The number of nitrogens with zero attached hydrogens (tertiary/aromatic N) is 2. The topological polar surface area (TPSA) is 73.2 Å². The summed E-state index contributed by atoms with van der Waals surface area (Å²) in [5.41, 5.74) is -1.78. The molecule has 0 amide bonds. The van der Waals surface area contributed by atoms with Gasteiger partial charge in [-0.25, -0.2) is 0 Å². The third-order valence-electron chi connectivity index (χ3n) is 3.64. The Bertz CT molecular complexity index is 1120. The number of aromatic nitrogens is 2. The molecule has 0 fully saturated rings. The molecule has 0 atom stereocenters. The van der Waals surface area contributed by atoms with E-state index in [1.807, 2.05) is 4.83 Å². The minimum atomic E-state index is -4.95. The molecule has 3 rings (SSSR count). The van der Waals surface area contributed by atoms with E-state index in [9.17, 15) is 34.8 Å². The fourth-order valence-electron chi connectivity index (χ4n) is 2.39. The summed E-state index contributed by atoms with van der Waals surface area (Å²) in [6.07, 6.45) is -9.84. The van der Waals surface area contributed by atoms with Crippen LogP contribution >= 0.6 is 0 Å². The normalized spacial score (nSPS) is 12.6. The van der Waals surface area contributed by atoms with Crippen LogP contribution in [0.25, 0.3) is 11.3 Å². The van der Waals surface area contributed by atoms with Gasteiger partial charge in [0.15, 0.2) is 5.69 Å². The Morgan fingerprint density at radius 1 is 0.900 bits per heavy atom. The van der Waals surface area contributed by atoms with Gasteiger partial charge in [-0.05, 0) is 42.5 Å². The summed E-state index contributed by atoms with van der Waals surface area (Å²) in [6.45, 7) is 0. The summed E-state index contributed by atoms with van der Waals surface area (Å²) in [6, 6.07) is 11.2. The van der Waals surface area contributed by atoms with Gasteiger partial charge >= 0.3 is 12.5 Å². The zero-order valence-electron chi connectivity index (χ0n) is 14.6. The molecule has 13 heteroatoms. The van der Waals surface area contributed by atoms with Gasteiger partial charge in [-0.1, -0.05) is 18.2 Å². The predicted molar refractivity (Wildman–Crippen MR) is 92.3 cm³/mol. The number of ether oxygens (including phenoxy) is 1. The fourth-order valence-corrected chi connectivity index (χ4v) is 3.38. The zero-order chi connectivity index (χ0) is 22.2. The molecule has 6 nitrogen and oxygen atoms in total. The zero-order valence-corrected chi connectivity index (χ0v) is 15.4. The lowest BCUT2D eigenvalue weighted by Crippen LogP contribution is -2.25. The van der Waals surface area contributed by atoms with E-state index >= 15 is 0 Å². The summed E-state index contributed by atoms with van der Waals surface area (Å²) < 4.78 is 105. The highest BCUT2D eigenvalue weighted by Crippen LogP contribution is 2.33. The Morgan fingerprint density at radius 2 is 1.50 bits per heavy atom. The maximum absolute atomic E-state index is 13.1. The van der Waals surface area contributed by atoms with Gasteiger partial charge < -0.3 is 4.74 Å². The number of sulfonamides is 1. The maximum Gasteiger partial charge on any atom is 0.573 e. The van der Waals surface area contributed by atoms with Crippen LogP contribution < -0.4 is 9.57 Å². The van der Waals surface area contributed by atoms with E-state index in [0.717, 1.165) is 24.3 Å². The molecule has 0 unspecified atom stereocenters. The van der Waals surface area contributed by atoms with Crippen molar-refractivity contribution in [2.45, 2.75) is 17.4 Å². The number of nitrogens with one attached hydrogen (secondary N) is 1. The molecule has 3 aromatic rings. The van der Waals surface area contributed by atoms with E-state index in [0.29, 0.717) is 10.9 Å². The highest BCUT2D eigenvalue weighted by molar-refractivity contribution is 7.92. The molecule has 2 aromatic carbocycles. The van der Waals surface area contributed by atoms with E-state index in [4.69, 9.17) is 0 Å². The largest absolute Gasteiger partial charge is 0.573 e. The van der Waals surface area contributed by atoms with Gasteiger partial charge in [0.1, 0.15) is 5.75 Å². The van der Waals surface area contributed by atoms with E-state index in [-0.39, 0.29) is 16.2 Å². The smallest absolute Gasteiger partial charge is 0.406 e. The molecular formula is C17H11F6N3O3S. The highest BCUT2D eigenvalue weighted by atomic mass is 32.2. The molecule has 1 aromatic heterocycles. The van der Waals surface area contributed by atoms with Crippen LogP contribution in [0.3, 0.4) is 0 Å². The van der Waals surface area contributed by atoms with Gasteiger partial charge in [-0.2, -0.15) is 31.2 Å². The van der Waals surface area contributed by atoms with Crippen molar-refractivity contribution in [3.63, 3.8) is 0 Å². The Labute approximate surface area is 165 Å². The lowest BCUT2D eigenvalue weighted by atomic mass is 10.1. The summed E-state index contributed by atoms with van der Waals surface area (Å²) in [4.78, 5) is 2.08. The summed E-state index contributed by atoms with van der Waals surface area (Å²) in [5.74, 6) is -0.599. The quantitative estimate of drug-likeness (QED) is 0.584. The van der Waals surface area contributed by atoms with Crippen molar-refractivity contribution in [2.24, 2.45) is 0 Å². The second-order valence-electron chi connectivity index (χ2n) is 5.80. The van der Waals surface area contributed by atoms with Crippen LogP contribution in [0.5, 0.6) is 5.75 Å². The van der Waals surface area contributed by atoms with Crippen LogP contribution in [0.2, 0.25) is 0 Å². The maximum atomic E-state index is 13.1. The van der Waals surface area contributed by atoms with Gasteiger partial charge in [-0.3, -0.25) is 0 Å². The van der Waals surface area contributed by atoms with Crippen LogP contribution in [-0.2, 0) is 16.2 Å². The molecule has 0 aliphatic carbocycles. The molecule has 0 saturated carbocycles. The molecular weight excluding hydrogens is 440 g/mol. The van der Waals surface area contributed by atoms with Crippen molar-refractivity contribution in [3.8, 4) is 17.0 Å². The number of rotatable bonds is 5. The SMILES string of the molecule is O=S(=O)(Nn1nc(C(F)(F)F)cc1-c1ccc(OC(F)(F)F)cc1)c1ccccc1. The third kappa shape index (κ3) is 5.03. The third-order valence-corrected chi connectivity index (χ3v) is 4.95. The standard InChI is InChI=1S/C17H11F6N3O3S/c18-16(19,20)15-10-14(11-6-8-12(9-7-11)29-17(21,22)23)26(24-15)25-30(27,28)13-4-2-1-3-5-13/h1-10,25H. The van der Waals surface area contributed by atoms with Gasteiger partial charge in [0.25, 0.3) is 10.0 Å². The van der Waals surface area contributed by atoms with Crippen molar-refractivity contribution in [2.75, 3.05) is 4.83 Å². The number of alkyl halides is 6. The van der Waals surface area contributed by atoms with Crippen LogP contribution in [-0.4, -0.2) is 24.7 Å². The van der Waals surface area contributed by atoms with E-state index in [2.05, 4.69) is 9.84 Å². The first-order valence-electron chi connectivity index (χ1n) is 7.96. The van der Waals surface area contributed by atoms with E-state index in [1.54, 1.807) is 6.07 Å². The molecule has 0 saturated heterocycles. The Hall–Kier alpha value is -3.22. The average Bonchev–Trinajstić information content (AvgIpc) is 3.05. The molecule has 0 radical (unpaired) electrons. The fraction of sp³-hybridized carbons (Fsp3) is 0.118. The minimum absolute atomic E-state index is 0.0386. The number of hydrogen-bond acceptors (Lipinski definition) is 4. The second-order valence-corrected chi connectivity index (χ2v) is 7.47. The van der Waals surface area contributed by atoms with E-state index < -0.39 is 34.0 Å². The molecule has 0 aliphatic heterocycles. The second kappa shape index (κ2) is 7.55. The molecule has 1 N–H and O–H groups in total. The monoisotopic (exact) mass is 451 g/mol. The summed E-state index contributed by atoms with van der Waals surface area (Å²) >= 11 is 0. The van der Waals surface area contributed by atoms with Gasteiger partial charge in [-0.15, -0.1) is 18.3 Å². The van der Waals surface area contributed by atoms with Gasteiger partial charge in [0.2, 0.25) is 0 Å². The molecule has 160 valence electrons. The molecule has 30 heavy (non-hydrogen) atoms. The molecule has 0 bridgehead atoms. The number of halogens is 6. The lowest BCUT2D eigenvalue weighted by Gasteiger charge is -2.12. The Balaban J connectivity index is 2.01. The van der Waals surface area contributed by atoms with Crippen molar-refractivity contribution in [3.05, 3.63) is 66.4 Å². The Kier molecular flexibility index (Phi) is 5.41. The van der Waals surface area contributed by atoms with Crippen LogP contribution in [0.15, 0.2) is 65.6 Å². The van der Waals surface area contributed by atoms with Crippen molar-refractivity contribution >= 4 is 10.0 Å².